The van der Waals surface area contributed by atoms with Crippen molar-refractivity contribution in [2.24, 2.45) is 0 Å². The second kappa shape index (κ2) is 13.1. The van der Waals surface area contributed by atoms with Crippen molar-refractivity contribution in [3.8, 4) is 16.9 Å². The quantitative estimate of drug-likeness (QED) is 0.176. The number of piperidine rings is 1. The van der Waals surface area contributed by atoms with Gasteiger partial charge in [0.05, 0.1) is 11.9 Å². The van der Waals surface area contributed by atoms with E-state index in [1.807, 2.05) is 17.1 Å². The molecule has 5 aromatic rings. The lowest BCUT2D eigenvalue weighted by Gasteiger charge is -2.40. The van der Waals surface area contributed by atoms with Gasteiger partial charge in [0.1, 0.15) is 0 Å². The van der Waals surface area contributed by atoms with Crippen LogP contribution < -0.4 is 9.58 Å². The molecule has 0 aliphatic carbocycles. The summed E-state index contributed by atoms with van der Waals surface area (Å²) in [5, 5.41) is 4.57. The van der Waals surface area contributed by atoms with Gasteiger partial charge in [-0.3, -0.25) is 9.88 Å². The van der Waals surface area contributed by atoms with Gasteiger partial charge in [-0.2, -0.15) is 0 Å². The molecule has 1 aliphatic heterocycles. The highest BCUT2D eigenvalue weighted by Gasteiger charge is 2.26. The first-order chi connectivity index (χ1) is 21.3. The van der Waals surface area contributed by atoms with E-state index in [-0.39, 0.29) is 0 Å². The van der Waals surface area contributed by atoms with Crippen LogP contribution in [-0.4, -0.2) is 34.1 Å². The molecule has 5 heteroatoms. The number of aromatic nitrogens is 3. The molecular weight excluding hydrogens is 538 g/mol. The van der Waals surface area contributed by atoms with Crippen LogP contribution in [0.5, 0.6) is 0 Å². The van der Waals surface area contributed by atoms with Crippen LogP contribution in [0.1, 0.15) is 51.8 Å². The van der Waals surface area contributed by atoms with E-state index in [2.05, 4.69) is 135 Å². The largest absolute Gasteiger partial charge is 0.364 e. The Morgan fingerprint density at radius 2 is 1.39 bits per heavy atom. The number of pyridine rings is 1. The Balaban J connectivity index is 1.17. The Labute approximate surface area is 262 Å². The Bertz CT molecular complexity index is 1690. The summed E-state index contributed by atoms with van der Waals surface area (Å²) in [6.07, 6.45) is 8.33. The molecule has 0 amide bonds. The molecule has 3 heterocycles. The van der Waals surface area contributed by atoms with Crippen molar-refractivity contribution in [3.63, 3.8) is 0 Å². The molecule has 6 rings (SSSR count). The van der Waals surface area contributed by atoms with E-state index in [1.54, 1.807) is 0 Å². The third kappa shape index (κ3) is 6.89. The van der Waals surface area contributed by atoms with Crippen LogP contribution >= 0.6 is 0 Å². The zero-order chi connectivity index (χ0) is 30.6. The number of aryl methyl sites for hydroxylation is 4. The van der Waals surface area contributed by atoms with Crippen molar-refractivity contribution in [2.45, 2.75) is 66.6 Å². The molecule has 0 bridgehead atoms. The van der Waals surface area contributed by atoms with Gasteiger partial charge in [-0.15, -0.1) is 0 Å². The molecule has 1 fully saturated rings. The van der Waals surface area contributed by atoms with E-state index >= 15 is 0 Å². The second-order valence-electron chi connectivity index (χ2n) is 12.6. The van der Waals surface area contributed by atoms with Crippen molar-refractivity contribution in [2.75, 3.05) is 18.0 Å². The molecule has 0 radical (unpaired) electrons. The Morgan fingerprint density at radius 3 is 2.07 bits per heavy atom. The molecule has 224 valence electrons. The number of hydrogen-bond donors (Lipinski definition) is 0. The van der Waals surface area contributed by atoms with Gasteiger partial charge in [0.25, 0.3) is 0 Å². The summed E-state index contributed by atoms with van der Waals surface area (Å²) in [4.78, 5) is 9.99. The third-order valence-electron chi connectivity index (χ3n) is 9.24. The average molecular weight is 583 g/mol. The number of rotatable bonds is 8. The summed E-state index contributed by atoms with van der Waals surface area (Å²) in [6.45, 7) is 14.8. The molecule has 1 saturated heterocycles. The molecule has 2 aromatic heterocycles. The molecule has 0 atom stereocenters. The zero-order valence-corrected chi connectivity index (χ0v) is 26.8. The molecule has 3 aromatic carbocycles. The van der Waals surface area contributed by atoms with Gasteiger partial charge in [-0.25, -0.2) is 0 Å². The lowest BCUT2D eigenvalue weighted by Crippen LogP contribution is -2.45. The van der Waals surface area contributed by atoms with Crippen molar-refractivity contribution in [1.82, 2.24) is 15.0 Å². The highest BCUT2D eigenvalue weighted by atomic mass is 15.3. The highest BCUT2D eigenvalue weighted by molar-refractivity contribution is 5.63. The molecule has 0 N–H and O–H groups in total. The first kappa shape index (κ1) is 29.7. The summed E-state index contributed by atoms with van der Waals surface area (Å²) >= 11 is 0. The fourth-order valence-corrected chi connectivity index (χ4v) is 6.29. The summed E-state index contributed by atoms with van der Waals surface area (Å²) in [5.74, 6) is 0. The predicted octanol–water partition coefficient (Wildman–Crippen LogP) is 7.63. The maximum Gasteiger partial charge on any atom is 0.238 e. The molecule has 44 heavy (non-hydrogen) atoms. The van der Waals surface area contributed by atoms with E-state index in [0.717, 1.165) is 50.4 Å². The minimum atomic E-state index is 0.476. The maximum atomic E-state index is 4.77. The summed E-state index contributed by atoms with van der Waals surface area (Å²) in [6, 6.07) is 29.2. The van der Waals surface area contributed by atoms with Crippen LogP contribution in [0, 0.1) is 34.6 Å². The van der Waals surface area contributed by atoms with Gasteiger partial charge >= 0.3 is 0 Å². The fourth-order valence-electron chi connectivity index (χ4n) is 6.29. The highest BCUT2D eigenvalue weighted by Crippen LogP contribution is 2.29. The van der Waals surface area contributed by atoms with Crippen LogP contribution in [0.15, 0.2) is 97.5 Å². The molecule has 0 spiro atoms. The summed E-state index contributed by atoms with van der Waals surface area (Å²) < 4.78 is 1.99. The van der Waals surface area contributed by atoms with E-state index in [4.69, 9.17) is 4.98 Å². The SMILES string of the molecule is Cc1ccc(N(Cc2ccnc(-c3cc(C)c(C)c(C)c3)c2)C2CCN(Cc3ccn[n+](-c4ccc(C)cc4)c3)CC2)cc1. The van der Waals surface area contributed by atoms with Crippen LogP contribution in [0.2, 0.25) is 0 Å². The molecule has 1 aliphatic rings. The standard InChI is InChI=1S/C39H44N5/c1-28-6-10-36(11-7-28)43(26-33-14-18-40-39(24-33)35-22-30(3)32(5)31(4)23-35)37-16-20-42(21-17-37)25-34-15-19-41-44(27-34)38-12-8-29(2)9-13-38/h6-15,18-19,22-24,27,37H,16-17,20-21,25-26H2,1-5H3/q+1. The topological polar surface area (TPSA) is 36.1 Å². The smallest absolute Gasteiger partial charge is 0.238 e. The van der Waals surface area contributed by atoms with Crippen LogP contribution in [-0.2, 0) is 13.1 Å². The number of anilines is 1. The van der Waals surface area contributed by atoms with Gasteiger partial charge in [-0.1, -0.05) is 40.1 Å². The number of benzene rings is 3. The lowest BCUT2D eigenvalue weighted by molar-refractivity contribution is -0.660. The van der Waals surface area contributed by atoms with Crippen molar-refractivity contribution >= 4 is 5.69 Å². The van der Waals surface area contributed by atoms with Gasteiger partial charge in [0, 0.05) is 67.4 Å². The maximum absolute atomic E-state index is 4.77. The van der Waals surface area contributed by atoms with E-state index < -0.39 is 0 Å². The number of likely N-dealkylation sites (tertiary alicyclic amines) is 1. The minimum absolute atomic E-state index is 0.476. The molecule has 0 saturated carbocycles. The Hall–Kier alpha value is -4.35. The normalized spacial score (nSPS) is 14.1. The van der Waals surface area contributed by atoms with Gasteiger partial charge in [0.2, 0.25) is 11.9 Å². The summed E-state index contributed by atoms with van der Waals surface area (Å²) in [7, 11) is 0. The van der Waals surface area contributed by atoms with E-state index in [0.29, 0.717) is 6.04 Å². The van der Waals surface area contributed by atoms with Crippen molar-refractivity contribution < 1.29 is 4.68 Å². The zero-order valence-electron chi connectivity index (χ0n) is 26.8. The van der Waals surface area contributed by atoms with E-state index in [1.165, 1.54) is 50.2 Å². The molecular formula is C39H44N5+. The van der Waals surface area contributed by atoms with Gasteiger partial charge in [-0.05, 0) is 117 Å². The first-order valence-electron chi connectivity index (χ1n) is 15.8. The summed E-state index contributed by atoms with van der Waals surface area (Å²) in [5.41, 5.74) is 13.8. The number of nitrogens with zero attached hydrogens (tertiary/aromatic N) is 5. The minimum Gasteiger partial charge on any atom is -0.364 e. The average Bonchev–Trinajstić information content (AvgIpc) is 3.04. The van der Waals surface area contributed by atoms with Crippen LogP contribution in [0.4, 0.5) is 5.69 Å². The Kier molecular flexibility index (Phi) is 8.85. The van der Waals surface area contributed by atoms with Crippen LogP contribution in [0.3, 0.4) is 0 Å². The Morgan fingerprint density at radius 1 is 0.750 bits per heavy atom. The first-order valence-corrected chi connectivity index (χ1v) is 15.8. The fraction of sp³-hybridized carbons (Fsp3) is 0.308. The monoisotopic (exact) mass is 582 g/mol. The lowest BCUT2D eigenvalue weighted by atomic mass is 9.97. The van der Waals surface area contributed by atoms with Crippen molar-refractivity contribution in [1.29, 1.82) is 0 Å². The molecule has 5 nitrogen and oxygen atoms in total. The van der Waals surface area contributed by atoms with Gasteiger partial charge in [0.15, 0.2) is 0 Å². The third-order valence-corrected chi connectivity index (χ3v) is 9.24. The second-order valence-corrected chi connectivity index (χ2v) is 12.6. The number of hydrogen-bond acceptors (Lipinski definition) is 4. The van der Waals surface area contributed by atoms with Gasteiger partial charge < -0.3 is 4.90 Å². The predicted molar refractivity (Wildman–Crippen MR) is 180 cm³/mol. The van der Waals surface area contributed by atoms with Crippen molar-refractivity contribution in [3.05, 3.63) is 136 Å². The van der Waals surface area contributed by atoms with E-state index in [9.17, 15) is 0 Å². The molecule has 0 unspecified atom stereocenters. The van der Waals surface area contributed by atoms with Crippen LogP contribution in [0.25, 0.3) is 16.9 Å².